The van der Waals surface area contributed by atoms with Crippen molar-refractivity contribution in [1.82, 2.24) is 4.98 Å². The van der Waals surface area contributed by atoms with Gasteiger partial charge in [-0.25, -0.2) is 4.98 Å². The van der Waals surface area contributed by atoms with E-state index in [1.807, 2.05) is 11.3 Å². The average Bonchev–Trinajstić information content (AvgIpc) is 2.99. The summed E-state index contributed by atoms with van der Waals surface area (Å²) in [5, 5.41) is 1.24. The Morgan fingerprint density at radius 2 is 2.18 bits per heavy atom. The lowest BCUT2D eigenvalue weighted by molar-refractivity contribution is 0.709. The van der Waals surface area contributed by atoms with Crippen LogP contribution in [-0.4, -0.2) is 11.5 Å². The van der Waals surface area contributed by atoms with Crippen LogP contribution in [-0.2, 0) is 5.41 Å². The molecule has 1 saturated carbocycles. The highest BCUT2D eigenvalue weighted by Gasteiger charge is 2.44. The van der Waals surface area contributed by atoms with Crippen LogP contribution in [0.1, 0.15) is 43.2 Å². The van der Waals surface area contributed by atoms with Crippen molar-refractivity contribution >= 4 is 21.6 Å². The first-order valence-electron chi connectivity index (χ1n) is 6.26. The first-order valence-corrected chi connectivity index (χ1v) is 7.08. The van der Waals surface area contributed by atoms with Crippen LogP contribution >= 0.6 is 11.3 Å². The fourth-order valence-electron chi connectivity index (χ4n) is 2.37. The Morgan fingerprint density at radius 3 is 2.76 bits per heavy atom. The summed E-state index contributed by atoms with van der Waals surface area (Å²) in [4.78, 5) is 4.83. The molecule has 1 heterocycles. The molecular weight excluding hydrogens is 228 g/mol. The van der Waals surface area contributed by atoms with Crippen LogP contribution in [0.4, 0.5) is 0 Å². The molecule has 1 aromatic carbocycles. The zero-order valence-electron chi connectivity index (χ0n) is 10.4. The van der Waals surface area contributed by atoms with Gasteiger partial charge in [0, 0.05) is 17.9 Å². The average molecular weight is 246 g/mol. The Balaban J connectivity index is 2.19. The van der Waals surface area contributed by atoms with Crippen LogP contribution in [0.3, 0.4) is 0 Å². The predicted molar refractivity (Wildman–Crippen MR) is 73.7 cm³/mol. The number of para-hydroxylation sites is 1. The molecule has 90 valence electrons. The fraction of sp³-hybridized carbons (Fsp3) is 0.500. The summed E-state index contributed by atoms with van der Waals surface area (Å²) < 4.78 is 1.31. The molecule has 0 radical (unpaired) electrons. The van der Waals surface area contributed by atoms with Crippen molar-refractivity contribution < 1.29 is 0 Å². The molecule has 0 spiro atoms. The SMILES string of the molecule is CC(C)c1nc2c(C3(CN)CC3)cccc2s1. The number of benzene rings is 1. The maximum atomic E-state index is 5.93. The quantitative estimate of drug-likeness (QED) is 0.901. The van der Waals surface area contributed by atoms with Crippen molar-refractivity contribution in [3.8, 4) is 0 Å². The molecule has 0 aliphatic heterocycles. The number of aromatic nitrogens is 1. The monoisotopic (exact) mass is 246 g/mol. The highest BCUT2D eigenvalue weighted by atomic mass is 32.1. The maximum absolute atomic E-state index is 5.93. The van der Waals surface area contributed by atoms with Crippen molar-refractivity contribution in [3.05, 3.63) is 28.8 Å². The molecule has 0 unspecified atom stereocenters. The van der Waals surface area contributed by atoms with Crippen molar-refractivity contribution in [3.63, 3.8) is 0 Å². The van der Waals surface area contributed by atoms with Crippen LogP contribution in [0.5, 0.6) is 0 Å². The highest BCUT2D eigenvalue weighted by Crippen LogP contribution is 2.49. The third kappa shape index (κ3) is 1.69. The van der Waals surface area contributed by atoms with Gasteiger partial charge >= 0.3 is 0 Å². The highest BCUT2D eigenvalue weighted by molar-refractivity contribution is 7.18. The third-order valence-corrected chi connectivity index (χ3v) is 5.07. The lowest BCUT2D eigenvalue weighted by Crippen LogP contribution is -2.19. The number of nitrogens with zero attached hydrogens (tertiary/aromatic N) is 1. The Hall–Kier alpha value is -0.930. The Kier molecular flexibility index (Phi) is 2.49. The summed E-state index contributed by atoms with van der Waals surface area (Å²) >= 11 is 1.82. The van der Waals surface area contributed by atoms with Crippen LogP contribution in [0.15, 0.2) is 18.2 Å². The third-order valence-electron chi connectivity index (χ3n) is 3.75. The minimum absolute atomic E-state index is 0.238. The molecule has 0 saturated heterocycles. The number of hydrogen-bond acceptors (Lipinski definition) is 3. The normalized spacial score (nSPS) is 17.9. The Morgan fingerprint density at radius 1 is 1.41 bits per heavy atom. The van der Waals surface area contributed by atoms with E-state index in [4.69, 9.17) is 10.7 Å². The minimum atomic E-state index is 0.238. The van der Waals surface area contributed by atoms with E-state index in [1.165, 1.54) is 33.6 Å². The molecule has 3 rings (SSSR count). The number of hydrogen-bond donors (Lipinski definition) is 1. The van der Waals surface area contributed by atoms with Crippen LogP contribution < -0.4 is 5.73 Å². The first kappa shape index (κ1) is 11.2. The summed E-state index contributed by atoms with van der Waals surface area (Å²) in [6, 6.07) is 6.54. The van der Waals surface area contributed by atoms with Crippen LogP contribution in [0.2, 0.25) is 0 Å². The summed E-state index contributed by atoms with van der Waals surface area (Å²) in [6.45, 7) is 5.15. The Bertz CT molecular complexity index is 552. The van der Waals surface area contributed by atoms with E-state index in [0.717, 1.165) is 6.54 Å². The van der Waals surface area contributed by atoms with Crippen molar-refractivity contribution in [1.29, 1.82) is 0 Å². The van der Waals surface area contributed by atoms with Gasteiger partial charge in [0.15, 0.2) is 0 Å². The van der Waals surface area contributed by atoms with Gasteiger partial charge in [0.2, 0.25) is 0 Å². The molecule has 17 heavy (non-hydrogen) atoms. The van der Waals surface area contributed by atoms with Crippen molar-refractivity contribution in [2.24, 2.45) is 5.73 Å². The van der Waals surface area contributed by atoms with Gasteiger partial charge in [-0.05, 0) is 24.5 Å². The predicted octanol–water partition coefficient (Wildman–Crippen LogP) is 3.41. The minimum Gasteiger partial charge on any atom is -0.330 e. The first-order chi connectivity index (χ1) is 8.16. The van der Waals surface area contributed by atoms with Gasteiger partial charge in [0.1, 0.15) is 0 Å². The lowest BCUT2D eigenvalue weighted by atomic mass is 9.95. The van der Waals surface area contributed by atoms with Crippen molar-refractivity contribution in [2.75, 3.05) is 6.54 Å². The zero-order valence-corrected chi connectivity index (χ0v) is 11.2. The van der Waals surface area contributed by atoms with Crippen LogP contribution in [0.25, 0.3) is 10.2 Å². The molecule has 2 aromatic rings. The largest absolute Gasteiger partial charge is 0.330 e. The molecule has 0 amide bonds. The zero-order chi connectivity index (χ0) is 12.0. The second-order valence-electron chi connectivity index (χ2n) is 5.34. The van der Waals surface area contributed by atoms with Crippen molar-refractivity contribution in [2.45, 2.75) is 38.0 Å². The molecule has 1 aliphatic rings. The fourth-order valence-corrected chi connectivity index (χ4v) is 3.37. The van der Waals surface area contributed by atoms with Crippen LogP contribution in [0, 0.1) is 0 Å². The van der Waals surface area contributed by atoms with Gasteiger partial charge in [0.05, 0.1) is 15.2 Å². The molecule has 0 atom stereocenters. The van der Waals surface area contributed by atoms with E-state index in [1.54, 1.807) is 0 Å². The molecule has 2 nitrogen and oxygen atoms in total. The van der Waals surface area contributed by atoms with E-state index in [9.17, 15) is 0 Å². The van der Waals surface area contributed by atoms with Gasteiger partial charge in [-0.15, -0.1) is 11.3 Å². The molecule has 1 aliphatic carbocycles. The Labute approximate surface area is 106 Å². The second-order valence-corrected chi connectivity index (χ2v) is 6.41. The van der Waals surface area contributed by atoms with E-state index in [2.05, 4.69) is 32.0 Å². The lowest BCUT2D eigenvalue weighted by Gasteiger charge is -2.12. The number of fused-ring (bicyclic) bond motifs is 1. The molecule has 1 fully saturated rings. The summed E-state index contributed by atoms with van der Waals surface area (Å²) in [5.41, 5.74) is 8.75. The van der Waals surface area contributed by atoms with Gasteiger partial charge in [-0.2, -0.15) is 0 Å². The number of nitrogens with two attached hydrogens (primary N) is 1. The standard InChI is InChI=1S/C14H18N2S/c1-9(2)13-16-12-10(14(8-15)6-7-14)4-3-5-11(12)17-13/h3-5,9H,6-8,15H2,1-2H3. The van der Waals surface area contributed by atoms with E-state index in [-0.39, 0.29) is 5.41 Å². The topological polar surface area (TPSA) is 38.9 Å². The van der Waals surface area contributed by atoms with Gasteiger partial charge in [-0.3, -0.25) is 0 Å². The molecule has 2 N–H and O–H groups in total. The molecule has 0 bridgehead atoms. The maximum Gasteiger partial charge on any atom is 0.0964 e. The summed E-state index contributed by atoms with van der Waals surface area (Å²) in [7, 11) is 0. The summed E-state index contributed by atoms with van der Waals surface area (Å²) in [6.07, 6.45) is 2.44. The van der Waals surface area contributed by atoms with E-state index in [0.29, 0.717) is 5.92 Å². The van der Waals surface area contributed by atoms with Gasteiger partial charge in [-0.1, -0.05) is 26.0 Å². The second kappa shape index (κ2) is 3.79. The summed E-state index contributed by atoms with van der Waals surface area (Å²) in [5.74, 6) is 0.508. The van der Waals surface area contributed by atoms with Gasteiger partial charge < -0.3 is 5.73 Å². The van der Waals surface area contributed by atoms with E-state index >= 15 is 0 Å². The number of thiazole rings is 1. The van der Waals surface area contributed by atoms with Gasteiger partial charge in [0.25, 0.3) is 0 Å². The number of rotatable bonds is 3. The molecule has 1 aromatic heterocycles. The smallest absolute Gasteiger partial charge is 0.0964 e. The molecular formula is C14H18N2S. The van der Waals surface area contributed by atoms with E-state index < -0.39 is 0 Å². The molecule has 3 heteroatoms.